The van der Waals surface area contributed by atoms with Crippen molar-refractivity contribution >= 4 is 26.0 Å². The maximum Gasteiger partial charge on any atom is 0.221 e. The number of alkyl halides is 1. The summed E-state index contributed by atoms with van der Waals surface area (Å²) in [5, 5.41) is 0. The van der Waals surface area contributed by atoms with Crippen molar-refractivity contribution in [1.29, 1.82) is 0 Å². The van der Waals surface area contributed by atoms with Gasteiger partial charge in [0.05, 0.1) is 6.61 Å². The van der Waals surface area contributed by atoms with E-state index in [4.69, 9.17) is 4.74 Å². The van der Waals surface area contributed by atoms with Crippen molar-refractivity contribution in [3.05, 3.63) is 0 Å². The van der Waals surface area contributed by atoms with Crippen LogP contribution in [0.5, 0.6) is 0 Å². The molecule has 0 aliphatic heterocycles. The largest absolute Gasteiger partial charge is 0.380 e. The van der Waals surface area contributed by atoms with Crippen molar-refractivity contribution in [2.45, 2.75) is 12.8 Å². The predicted octanol–water partition coefficient (Wildman–Crippen LogP) is 0.685. The smallest absolute Gasteiger partial charge is 0.221 e. The van der Waals surface area contributed by atoms with E-state index in [0.717, 1.165) is 12.5 Å². The van der Waals surface area contributed by atoms with Crippen LogP contribution >= 0.6 is 15.9 Å². The third kappa shape index (κ3) is 5.61. The summed E-state index contributed by atoms with van der Waals surface area (Å²) in [7, 11) is -3.12. The normalized spacial score (nSPS) is 17.6. The van der Waals surface area contributed by atoms with Crippen LogP contribution < -0.4 is 4.72 Å². The molecule has 0 saturated heterocycles. The quantitative estimate of drug-likeness (QED) is 0.548. The van der Waals surface area contributed by atoms with E-state index in [1.165, 1.54) is 12.8 Å². The van der Waals surface area contributed by atoms with Crippen LogP contribution in [0.1, 0.15) is 12.8 Å². The lowest BCUT2D eigenvalue weighted by atomic mass is 10.5. The van der Waals surface area contributed by atoms with Crippen LogP contribution in [-0.4, -0.2) is 32.8 Å². The molecular weight excluding hydrogens is 258 g/mol. The molecule has 78 valence electrons. The number of hydrogen-bond acceptors (Lipinski definition) is 3. The van der Waals surface area contributed by atoms with Crippen molar-refractivity contribution < 1.29 is 13.2 Å². The summed E-state index contributed by atoms with van der Waals surface area (Å²) in [4.78, 5) is 0. The van der Waals surface area contributed by atoms with Gasteiger partial charge in [-0.05, 0) is 18.8 Å². The first-order chi connectivity index (χ1) is 6.14. The Morgan fingerprint density at radius 1 is 1.46 bits per heavy atom. The van der Waals surface area contributed by atoms with Crippen LogP contribution in [0, 0.1) is 5.92 Å². The number of hydrogen-bond donors (Lipinski definition) is 1. The molecule has 1 rings (SSSR count). The molecule has 13 heavy (non-hydrogen) atoms. The highest BCUT2D eigenvalue weighted by Crippen LogP contribution is 2.28. The predicted molar refractivity (Wildman–Crippen MR) is 54.3 cm³/mol. The van der Waals surface area contributed by atoms with Gasteiger partial charge in [0.25, 0.3) is 0 Å². The molecule has 0 aromatic heterocycles. The first-order valence-corrected chi connectivity index (χ1v) is 7.02. The average Bonchev–Trinajstić information content (AvgIpc) is 2.87. The Hall–Kier alpha value is 0.350. The molecule has 1 fully saturated rings. The summed E-state index contributed by atoms with van der Waals surface area (Å²) in [6, 6.07) is 0. The maximum absolute atomic E-state index is 10.9. The molecule has 0 amide bonds. The summed E-state index contributed by atoms with van der Waals surface area (Å²) in [6.07, 6.45) is 2.51. The minimum Gasteiger partial charge on any atom is -0.380 e. The van der Waals surface area contributed by atoms with E-state index in [-0.39, 0.29) is 4.66 Å². The zero-order valence-electron chi connectivity index (χ0n) is 7.33. The van der Waals surface area contributed by atoms with Crippen LogP contribution in [-0.2, 0) is 14.8 Å². The topological polar surface area (TPSA) is 55.4 Å². The Morgan fingerprint density at radius 3 is 2.69 bits per heavy atom. The number of sulfonamides is 1. The molecule has 1 aliphatic rings. The molecule has 0 aromatic rings. The lowest BCUT2D eigenvalue weighted by Crippen LogP contribution is -2.28. The zero-order chi connectivity index (χ0) is 9.73. The van der Waals surface area contributed by atoms with Crippen LogP contribution in [0.4, 0.5) is 0 Å². The van der Waals surface area contributed by atoms with Crippen molar-refractivity contribution in [3.63, 3.8) is 0 Å². The molecule has 0 spiro atoms. The van der Waals surface area contributed by atoms with Crippen LogP contribution in [0.15, 0.2) is 0 Å². The van der Waals surface area contributed by atoms with Gasteiger partial charge in [0, 0.05) is 13.2 Å². The van der Waals surface area contributed by atoms with Gasteiger partial charge in [0.2, 0.25) is 10.0 Å². The second-order valence-electron chi connectivity index (χ2n) is 3.14. The Balaban J connectivity index is 1.93. The molecule has 0 unspecified atom stereocenters. The van der Waals surface area contributed by atoms with E-state index < -0.39 is 10.0 Å². The summed E-state index contributed by atoms with van der Waals surface area (Å²) < 4.78 is 29.4. The van der Waals surface area contributed by atoms with Gasteiger partial charge in [-0.3, -0.25) is 0 Å². The van der Waals surface area contributed by atoms with Gasteiger partial charge in [-0.15, -0.1) is 0 Å². The van der Waals surface area contributed by atoms with Gasteiger partial charge in [-0.25, -0.2) is 13.1 Å². The van der Waals surface area contributed by atoms with Crippen LogP contribution in [0.25, 0.3) is 0 Å². The molecule has 0 bridgehead atoms. The molecule has 0 atom stereocenters. The van der Waals surface area contributed by atoms with Crippen molar-refractivity contribution in [3.8, 4) is 0 Å². The standard InChI is InChI=1S/C7H14BrNO3S/c8-6-13(10,11)9-3-4-12-5-7-1-2-7/h7,9H,1-6H2. The first-order valence-electron chi connectivity index (χ1n) is 4.25. The molecule has 6 heteroatoms. The number of halogens is 1. The van der Waals surface area contributed by atoms with Gasteiger partial charge < -0.3 is 4.74 Å². The van der Waals surface area contributed by atoms with Gasteiger partial charge >= 0.3 is 0 Å². The van der Waals surface area contributed by atoms with E-state index in [1.807, 2.05) is 0 Å². The fourth-order valence-electron chi connectivity index (χ4n) is 0.842. The van der Waals surface area contributed by atoms with Crippen molar-refractivity contribution in [2.24, 2.45) is 5.92 Å². The summed E-state index contributed by atoms with van der Waals surface area (Å²) >= 11 is 2.88. The van der Waals surface area contributed by atoms with E-state index in [1.54, 1.807) is 0 Å². The fraction of sp³-hybridized carbons (Fsp3) is 1.00. The Morgan fingerprint density at radius 2 is 2.15 bits per heavy atom. The minimum atomic E-state index is -3.12. The Labute approximate surface area is 87.2 Å². The van der Waals surface area contributed by atoms with Gasteiger partial charge in [0.1, 0.15) is 4.66 Å². The maximum atomic E-state index is 10.9. The Kier molecular flexibility index (Phi) is 4.64. The molecular formula is C7H14BrNO3S. The van der Waals surface area contributed by atoms with E-state index in [2.05, 4.69) is 20.7 Å². The van der Waals surface area contributed by atoms with E-state index in [0.29, 0.717) is 13.2 Å². The van der Waals surface area contributed by atoms with Crippen molar-refractivity contribution in [1.82, 2.24) is 4.72 Å². The molecule has 1 saturated carbocycles. The molecule has 0 heterocycles. The molecule has 0 aromatic carbocycles. The van der Waals surface area contributed by atoms with Crippen LogP contribution in [0.2, 0.25) is 0 Å². The number of ether oxygens (including phenoxy) is 1. The average molecular weight is 272 g/mol. The second-order valence-corrected chi connectivity index (χ2v) is 6.25. The highest BCUT2D eigenvalue weighted by atomic mass is 79.9. The van der Waals surface area contributed by atoms with E-state index >= 15 is 0 Å². The van der Waals surface area contributed by atoms with Gasteiger partial charge in [-0.2, -0.15) is 0 Å². The lowest BCUT2D eigenvalue weighted by molar-refractivity contribution is 0.129. The Bertz CT molecular complexity index is 238. The fourth-order valence-corrected chi connectivity index (χ4v) is 1.80. The molecule has 1 N–H and O–H groups in total. The number of rotatable bonds is 7. The highest BCUT2D eigenvalue weighted by Gasteiger charge is 2.20. The van der Waals surface area contributed by atoms with Crippen LogP contribution in [0.3, 0.4) is 0 Å². The third-order valence-corrected chi connectivity index (χ3v) is 4.50. The van der Waals surface area contributed by atoms with Gasteiger partial charge in [-0.1, -0.05) is 15.9 Å². The third-order valence-electron chi connectivity index (χ3n) is 1.76. The summed E-state index contributed by atoms with van der Waals surface area (Å²) in [6.45, 7) is 1.60. The lowest BCUT2D eigenvalue weighted by Gasteiger charge is -2.04. The number of nitrogens with one attached hydrogen (secondary N) is 1. The van der Waals surface area contributed by atoms with E-state index in [9.17, 15) is 8.42 Å². The SMILES string of the molecule is O=S(=O)(CBr)NCCOCC1CC1. The zero-order valence-corrected chi connectivity index (χ0v) is 9.73. The monoisotopic (exact) mass is 271 g/mol. The molecule has 1 aliphatic carbocycles. The molecule has 4 nitrogen and oxygen atoms in total. The first kappa shape index (κ1) is 11.4. The summed E-state index contributed by atoms with van der Waals surface area (Å²) in [5.41, 5.74) is 0. The minimum absolute atomic E-state index is 0.0530. The van der Waals surface area contributed by atoms with Crippen molar-refractivity contribution in [2.75, 3.05) is 24.4 Å². The highest BCUT2D eigenvalue weighted by molar-refractivity contribution is 9.10. The second kappa shape index (κ2) is 5.29. The molecule has 0 radical (unpaired) electrons. The summed E-state index contributed by atoms with van der Waals surface area (Å²) in [5.74, 6) is 0.729. The van der Waals surface area contributed by atoms with Gasteiger partial charge in [0.15, 0.2) is 0 Å².